The molecule has 0 aliphatic heterocycles. The molecule has 1 atom stereocenters. The topological polar surface area (TPSA) is 24.5 Å². The minimum absolute atomic E-state index is 0.489. The molecule has 0 amide bonds. The van der Waals surface area contributed by atoms with E-state index >= 15 is 0 Å². The molecular formula is C13H21ClN2O. The lowest BCUT2D eigenvalue weighted by molar-refractivity contribution is 0.302. The van der Waals surface area contributed by atoms with Crippen LogP contribution >= 0.6 is 11.6 Å². The highest BCUT2D eigenvalue weighted by molar-refractivity contribution is 6.31. The molecule has 0 radical (unpaired) electrons. The Balaban J connectivity index is 2.57. The summed E-state index contributed by atoms with van der Waals surface area (Å²) in [6, 6.07) is 6.20. The molecule has 0 saturated heterocycles. The molecule has 1 unspecified atom stereocenters. The number of nitrogens with zero attached hydrogens (tertiary/aromatic N) is 1. The third-order valence-corrected chi connectivity index (χ3v) is 3.27. The van der Waals surface area contributed by atoms with Crippen molar-refractivity contribution in [2.75, 3.05) is 27.7 Å². The van der Waals surface area contributed by atoms with Gasteiger partial charge in [-0.25, -0.2) is 0 Å². The standard InChI is InChI=1S/C13H21ClN2O/c1-10(16(2)3)8-15-9-11-12(14)6-5-7-13(11)17-4/h5-7,10,15H,8-9H2,1-4H3. The zero-order valence-electron chi connectivity index (χ0n) is 11.0. The van der Waals surface area contributed by atoms with Crippen LogP contribution in [0.25, 0.3) is 0 Å². The third-order valence-electron chi connectivity index (χ3n) is 2.92. The molecule has 0 bridgehead atoms. The Kier molecular flexibility index (Phi) is 5.75. The maximum atomic E-state index is 6.16. The molecule has 1 aromatic rings. The predicted octanol–water partition coefficient (Wildman–Crippen LogP) is 2.39. The van der Waals surface area contributed by atoms with E-state index in [1.54, 1.807) is 7.11 Å². The number of likely N-dealkylation sites (N-methyl/N-ethyl adjacent to an activating group) is 1. The second-order valence-corrected chi connectivity index (χ2v) is 4.77. The van der Waals surface area contributed by atoms with Gasteiger partial charge < -0.3 is 15.0 Å². The summed E-state index contributed by atoms with van der Waals surface area (Å²) in [6.45, 7) is 3.82. The number of methoxy groups -OCH3 is 1. The number of rotatable bonds is 6. The van der Waals surface area contributed by atoms with Crippen molar-refractivity contribution < 1.29 is 4.74 Å². The first-order valence-corrected chi connectivity index (χ1v) is 6.12. The summed E-state index contributed by atoms with van der Waals surface area (Å²) in [5.41, 5.74) is 1.02. The summed E-state index contributed by atoms with van der Waals surface area (Å²) in [6.07, 6.45) is 0. The first kappa shape index (κ1) is 14.3. The third kappa shape index (κ3) is 4.19. The first-order valence-electron chi connectivity index (χ1n) is 5.74. The lowest BCUT2D eigenvalue weighted by Gasteiger charge is -2.20. The van der Waals surface area contributed by atoms with Gasteiger partial charge in [0, 0.05) is 29.7 Å². The van der Waals surface area contributed by atoms with Gasteiger partial charge in [0.2, 0.25) is 0 Å². The molecule has 3 nitrogen and oxygen atoms in total. The number of hydrogen-bond donors (Lipinski definition) is 1. The second-order valence-electron chi connectivity index (χ2n) is 4.36. The molecular weight excluding hydrogens is 236 g/mol. The van der Waals surface area contributed by atoms with E-state index in [2.05, 4.69) is 31.2 Å². The van der Waals surface area contributed by atoms with Crippen LogP contribution in [0.15, 0.2) is 18.2 Å². The van der Waals surface area contributed by atoms with Crippen molar-refractivity contribution in [1.29, 1.82) is 0 Å². The highest BCUT2D eigenvalue weighted by Gasteiger charge is 2.08. The fourth-order valence-electron chi connectivity index (χ4n) is 1.49. The quantitative estimate of drug-likeness (QED) is 0.846. The van der Waals surface area contributed by atoms with E-state index in [-0.39, 0.29) is 0 Å². The molecule has 0 fully saturated rings. The zero-order valence-corrected chi connectivity index (χ0v) is 11.7. The summed E-state index contributed by atoms with van der Waals surface area (Å²) in [5, 5.41) is 4.14. The highest BCUT2D eigenvalue weighted by Crippen LogP contribution is 2.25. The highest BCUT2D eigenvalue weighted by atomic mass is 35.5. The minimum atomic E-state index is 0.489. The SMILES string of the molecule is COc1cccc(Cl)c1CNCC(C)N(C)C. The Morgan fingerprint density at radius 1 is 1.41 bits per heavy atom. The number of nitrogens with one attached hydrogen (secondary N) is 1. The molecule has 0 heterocycles. The molecule has 0 aliphatic rings. The predicted molar refractivity (Wildman–Crippen MR) is 72.9 cm³/mol. The lowest BCUT2D eigenvalue weighted by atomic mass is 10.2. The largest absolute Gasteiger partial charge is 0.496 e. The summed E-state index contributed by atoms with van der Waals surface area (Å²) >= 11 is 6.16. The van der Waals surface area contributed by atoms with E-state index in [4.69, 9.17) is 16.3 Å². The maximum absolute atomic E-state index is 6.16. The van der Waals surface area contributed by atoms with Gasteiger partial charge >= 0.3 is 0 Å². The van der Waals surface area contributed by atoms with E-state index in [1.165, 1.54) is 0 Å². The molecule has 4 heteroatoms. The molecule has 0 saturated carbocycles. The Bertz CT molecular complexity index is 355. The van der Waals surface area contributed by atoms with Crippen LogP contribution in [0.1, 0.15) is 12.5 Å². The van der Waals surface area contributed by atoms with Gasteiger partial charge in [-0.05, 0) is 33.2 Å². The van der Waals surface area contributed by atoms with Crippen molar-refractivity contribution in [2.24, 2.45) is 0 Å². The average molecular weight is 257 g/mol. The number of hydrogen-bond acceptors (Lipinski definition) is 3. The van der Waals surface area contributed by atoms with E-state index in [0.717, 1.165) is 29.4 Å². The molecule has 0 aliphatic carbocycles. The number of halogens is 1. The van der Waals surface area contributed by atoms with Gasteiger partial charge in [0.25, 0.3) is 0 Å². The summed E-state index contributed by atoms with van der Waals surface area (Å²) in [7, 11) is 5.81. The van der Waals surface area contributed by atoms with Crippen LogP contribution < -0.4 is 10.1 Å². The molecule has 17 heavy (non-hydrogen) atoms. The zero-order chi connectivity index (χ0) is 12.8. The molecule has 96 valence electrons. The molecule has 1 N–H and O–H groups in total. The van der Waals surface area contributed by atoms with E-state index in [1.807, 2.05) is 18.2 Å². The van der Waals surface area contributed by atoms with Crippen LogP contribution in [0.5, 0.6) is 5.75 Å². The first-order chi connectivity index (χ1) is 8.06. The Labute approximate surface area is 109 Å². The maximum Gasteiger partial charge on any atom is 0.124 e. The minimum Gasteiger partial charge on any atom is -0.496 e. The van der Waals surface area contributed by atoms with Crippen molar-refractivity contribution in [3.05, 3.63) is 28.8 Å². The Morgan fingerprint density at radius 2 is 2.12 bits per heavy atom. The van der Waals surface area contributed by atoms with Crippen molar-refractivity contribution in [1.82, 2.24) is 10.2 Å². The Hall–Kier alpha value is -0.770. The van der Waals surface area contributed by atoms with Crippen molar-refractivity contribution >= 4 is 11.6 Å². The van der Waals surface area contributed by atoms with E-state index < -0.39 is 0 Å². The molecule has 0 spiro atoms. The lowest BCUT2D eigenvalue weighted by Crippen LogP contribution is -2.35. The van der Waals surface area contributed by atoms with Crippen LogP contribution in [0, 0.1) is 0 Å². The van der Waals surface area contributed by atoms with E-state index in [9.17, 15) is 0 Å². The van der Waals surface area contributed by atoms with Gasteiger partial charge in [0.05, 0.1) is 7.11 Å². The van der Waals surface area contributed by atoms with Gasteiger partial charge in [0.1, 0.15) is 5.75 Å². The summed E-state index contributed by atoms with van der Waals surface area (Å²) in [5.74, 6) is 0.836. The van der Waals surface area contributed by atoms with Gasteiger partial charge in [-0.1, -0.05) is 17.7 Å². The summed E-state index contributed by atoms with van der Waals surface area (Å²) < 4.78 is 5.30. The molecule has 1 rings (SSSR count). The van der Waals surface area contributed by atoms with Gasteiger partial charge in [-0.15, -0.1) is 0 Å². The van der Waals surface area contributed by atoms with Gasteiger partial charge in [0.15, 0.2) is 0 Å². The van der Waals surface area contributed by atoms with Crippen molar-refractivity contribution in [3.8, 4) is 5.75 Å². The monoisotopic (exact) mass is 256 g/mol. The van der Waals surface area contributed by atoms with Gasteiger partial charge in [-0.2, -0.15) is 0 Å². The molecule has 0 aromatic heterocycles. The van der Waals surface area contributed by atoms with Crippen molar-refractivity contribution in [2.45, 2.75) is 19.5 Å². The number of benzene rings is 1. The van der Waals surface area contributed by atoms with Gasteiger partial charge in [-0.3, -0.25) is 0 Å². The summed E-state index contributed by atoms with van der Waals surface area (Å²) in [4.78, 5) is 2.18. The van der Waals surface area contributed by atoms with Crippen LogP contribution in [0.3, 0.4) is 0 Å². The average Bonchev–Trinajstić information content (AvgIpc) is 2.30. The fraction of sp³-hybridized carbons (Fsp3) is 0.538. The van der Waals surface area contributed by atoms with Crippen LogP contribution in [-0.4, -0.2) is 38.7 Å². The normalized spacial score (nSPS) is 12.8. The van der Waals surface area contributed by atoms with Crippen LogP contribution in [0.4, 0.5) is 0 Å². The van der Waals surface area contributed by atoms with E-state index in [0.29, 0.717) is 6.04 Å². The Morgan fingerprint density at radius 3 is 2.71 bits per heavy atom. The molecule has 1 aromatic carbocycles. The number of ether oxygens (including phenoxy) is 1. The van der Waals surface area contributed by atoms with Crippen LogP contribution in [-0.2, 0) is 6.54 Å². The second kappa shape index (κ2) is 6.84. The van der Waals surface area contributed by atoms with Crippen molar-refractivity contribution in [3.63, 3.8) is 0 Å². The van der Waals surface area contributed by atoms with Crippen LogP contribution in [0.2, 0.25) is 5.02 Å². The fourth-order valence-corrected chi connectivity index (χ4v) is 1.72. The smallest absolute Gasteiger partial charge is 0.124 e.